The zero-order chi connectivity index (χ0) is 15.6. The van der Waals surface area contributed by atoms with Crippen molar-refractivity contribution in [1.82, 2.24) is 0 Å². The van der Waals surface area contributed by atoms with Crippen LogP contribution in [0, 0.1) is 5.92 Å². The minimum atomic E-state index is 0.322. The maximum atomic E-state index is 10.7. The SMILES string of the molecule is CCCCCCCCCCCCCCCCC(C=O)CC. The normalized spacial score (nSPS) is 12.5. The predicted octanol–water partition coefficient (Wildman–Crippen LogP) is 7.08. The molecule has 0 aliphatic rings. The molecule has 1 nitrogen and oxygen atoms in total. The van der Waals surface area contributed by atoms with E-state index in [9.17, 15) is 4.79 Å². The molecule has 0 N–H and O–H groups in total. The fraction of sp³-hybridized carbons (Fsp3) is 0.950. The average molecular weight is 297 g/mol. The molecule has 0 fully saturated rings. The van der Waals surface area contributed by atoms with Crippen LogP contribution in [0.3, 0.4) is 0 Å². The molecule has 1 unspecified atom stereocenters. The summed E-state index contributed by atoms with van der Waals surface area (Å²) in [6.07, 6.45) is 22.9. The van der Waals surface area contributed by atoms with Crippen LogP contribution in [0.5, 0.6) is 0 Å². The highest BCUT2D eigenvalue weighted by atomic mass is 16.1. The van der Waals surface area contributed by atoms with E-state index in [0.717, 1.165) is 19.1 Å². The summed E-state index contributed by atoms with van der Waals surface area (Å²) in [5.41, 5.74) is 0. The fourth-order valence-electron chi connectivity index (χ4n) is 2.97. The summed E-state index contributed by atoms with van der Waals surface area (Å²) >= 11 is 0. The van der Waals surface area contributed by atoms with Crippen molar-refractivity contribution < 1.29 is 4.79 Å². The molecule has 0 amide bonds. The molecule has 0 aliphatic carbocycles. The second-order valence-corrected chi connectivity index (χ2v) is 6.69. The van der Waals surface area contributed by atoms with Crippen LogP contribution in [0.2, 0.25) is 0 Å². The van der Waals surface area contributed by atoms with Crippen LogP contribution in [-0.4, -0.2) is 6.29 Å². The van der Waals surface area contributed by atoms with Crippen LogP contribution in [0.1, 0.15) is 117 Å². The van der Waals surface area contributed by atoms with Crippen LogP contribution >= 0.6 is 0 Å². The van der Waals surface area contributed by atoms with Gasteiger partial charge >= 0.3 is 0 Å². The molecule has 0 heterocycles. The van der Waals surface area contributed by atoms with Gasteiger partial charge in [0.1, 0.15) is 6.29 Å². The second kappa shape index (κ2) is 17.7. The number of hydrogen-bond acceptors (Lipinski definition) is 1. The Balaban J connectivity index is 3.04. The third kappa shape index (κ3) is 15.9. The highest BCUT2D eigenvalue weighted by molar-refractivity contribution is 5.53. The van der Waals surface area contributed by atoms with Crippen molar-refractivity contribution in [1.29, 1.82) is 0 Å². The van der Waals surface area contributed by atoms with E-state index in [1.807, 2.05) is 0 Å². The Labute approximate surface area is 134 Å². The molecule has 0 spiro atoms. The molecule has 0 rings (SSSR count). The van der Waals surface area contributed by atoms with Crippen molar-refractivity contribution >= 4 is 6.29 Å². The summed E-state index contributed by atoms with van der Waals surface area (Å²) in [7, 11) is 0. The fourth-order valence-corrected chi connectivity index (χ4v) is 2.97. The number of rotatable bonds is 17. The molecular formula is C20H40O. The number of carbonyl (C=O) groups is 1. The first-order chi connectivity index (χ1) is 10.3. The standard InChI is InChI=1S/C20H40O/c1-3-5-6-7-8-9-10-11-12-13-14-15-16-17-18-20(4-2)19-21/h19-20H,3-18H2,1-2H3. The van der Waals surface area contributed by atoms with Crippen LogP contribution in [0.15, 0.2) is 0 Å². The van der Waals surface area contributed by atoms with Gasteiger partial charge in [-0.1, -0.05) is 104 Å². The lowest BCUT2D eigenvalue weighted by molar-refractivity contribution is -0.111. The van der Waals surface area contributed by atoms with E-state index in [0.29, 0.717) is 5.92 Å². The molecule has 0 saturated heterocycles. The van der Waals surface area contributed by atoms with Gasteiger partial charge in [-0.15, -0.1) is 0 Å². The summed E-state index contributed by atoms with van der Waals surface area (Å²) in [5, 5.41) is 0. The summed E-state index contributed by atoms with van der Waals surface area (Å²) in [4.78, 5) is 10.7. The molecule has 0 aliphatic heterocycles. The van der Waals surface area contributed by atoms with Gasteiger partial charge in [-0.25, -0.2) is 0 Å². The molecule has 126 valence electrons. The minimum absolute atomic E-state index is 0.322. The third-order valence-electron chi connectivity index (χ3n) is 4.65. The van der Waals surface area contributed by atoms with Gasteiger partial charge in [0.15, 0.2) is 0 Å². The average Bonchev–Trinajstić information content (AvgIpc) is 2.51. The van der Waals surface area contributed by atoms with Crippen molar-refractivity contribution in [3.8, 4) is 0 Å². The third-order valence-corrected chi connectivity index (χ3v) is 4.65. The summed E-state index contributed by atoms with van der Waals surface area (Å²) in [6, 6.07) is 0. The van der Waals surface area contributed by atoms with Crippen molar-refractivity contribution in [2.75, 3.05) is 0 Å². The zero-order valence-corrected chi connectivity index (χ0v) is 14.9. The maximum absolute atomic E-state index is 10.7. The lowest BCUT2D eigenvalue weighted by atomic mass is 9.99. The Morgan fingerprint density at radius 2 is 1.00 bits per heavy atom. The topological polar surface area (TPSA) is 17.1 Å². The van der Waals surface area contributed by atoms with Crippen LogP contribution in [-0.2, 0) is 4.79 Å². The second-order valence-electron chi connectivity index (χ2n) is 6.69. The highest BCUT2D eigenvalue weighted by Gasteiger charge is 2.02. The Bertz CT molecular complexity index is 200. The van der Waals surface area contributed by atoms with Crippen LogP contribution < -0.4 is 0 Å². The van der Waals surface area contributed by atoms with Gasteiger partial charge in [0.2, 0.25) is 0 Å². The van der Waals surface area contributed by atoms with Crippen LogP contribution in [0.4, 0.5) is 0 Å². The van der Waals surface area contributed by atoms with Crippen LogP contribution in [0.25, 0.3) is 0 Å². The minimum Gasteiger partial charge on any atom is -0.303 e. The number of hydrogen-bond donors (Lipinski definition) is 0. The van der Waals surface area contributed by atoms with Gasteiger partial charge in [0.05, 0.1) is 0 Å². The zero-order valence-electron chi connectivity index (χ0n) is 14.9. The Kier molecular flexibility index (Phi) is 17.4. The highest BCUT2D eigenvalue weighted by Crippen LogP contribution is 2.15. The summed E-state index contributed by atoms with van der Waals surface area (Å²) in [5.74, 6) is 0.322. The van der Waals surface area contributed by atoms with Gasteiger partial charge in [-0.3, -0.25) is 0 Å². The lowest BCUT2D eigenvalue weighted by Crippen LogP contribution is -1.99. The quantitative estimate of drug-likeness (QED) is 0.207. The molecule has 0 aromatic rings. The molecule has 0 aromatic heterocycles. The van der Waals surface area contributed by atoms with Gasteiger partial charge < -0.3 is 4.79 Å². The Morgan fingerprint density at radius 1 is 0.619 bits per heavy atom. The maximum Gasteiger partial charge on any atom is 0.123 e. The van der Waals surface area contributed by atoms with Gasteiger partial charge in [-0.2, -0.15) is 0 Å². The number of aldehydes is 1. The van der Waals surface area contributed by atoms with Gasteiger partial charge in [0.25, 0.3) is 0 Å². The molecule has 0 saturated carbocycles. The van der Waals surface area contributed by atoms with E-state index in [2.05, 4.69) is 13.8 Å². The van der Waals surface area contributed by atoms with Crippen molar-refractivity contribution in [2.24, 2.45) is 5.92 Å². The molecular weight excluding hydrogens is 256 g/mol. The molecule has 21 heavy (non-hydrogen) atoms. The monoisotopic (exact) mass is 296 g/mol. The van der Waals surface area contributed by atoms with E-state index < -0.39 is 0 Å². The summed E-state index contributed by atoms with van der Waals surface area (Å²) in [6.45, 7) is 4.40. The van der Waals surface area contributed by atoms with Crippen molar-refractivity contribution in [3.05, 3.63) is 0 Å². The molecule has 1 heteroatoms. The van der Waals surface area contributed by atoms with E-state index >= 15 is 0 Å². The summed E-state index contributed by atoms with van der Waals surface area (Å²) < 4.78 is 0. The van der Waals surface area contributed by atoms with E-state index in [-0.39, 0.29) is 0 Å². The smallest absolute Gasteiger partial charge is 0.123 e. The first-order valence-corrected chi connectivity index (χ1v) is 9.80. The van der Waals surface area contributed by atoms with E-state index in [4.69, 9.17) is 0 Å². The first-order valence-electron chi connectivity index (χ1n) is 9.80. The number of unbranched alkanes of at least 4 members (excludes halogenated alkanes) is 13. The molecule has 0 radical (unpaired) electrons. The largest absolute Gasteiger partial charge is 0.303 e. The van der Waals surface area contributed by atoms with Gasteiger partial charge in [-0.05, 0) is 12.8 Å². The molecule has 0 bridgehead atoms. The predicted molar refractivity (Wildman–Crippen MR) is 94.8 cm³/mol. The number of carbonyl (C=O) groups excluding carboxylic acids is 1. The molecule has 1 atom stereocenters. The van der Waals surface area contributed by atoms with Gasteiger partial charge in [0, 0.05) is 5.92 Å². The van der Waals surface area contributed by atoms with E-state index in [1.165, 1.54) is 89.9 Å². The van der Waals surface area contributed by atoms with Crippen molar-refractivity contribution in [2.45, 2.75) is 117 Å². The Morgan fingerprint density at radius 3 is 1.33 bits per heavy atom. The Hall–Kier alpha value is -0.330. The van der Waals surface area contributed by atoms with Crippen molar-refractivity contribution in [3.63, 3.8) is 0 Å². The first kappa shape index (κ1) is 20.7. The van der Waals surface area contributed by atoms with E-state index in [1.54, 1.807) is 0 Å². The molecule has 0 aromatic carbocycles. The lowest BCUT2D eigenvalue weighted by Gasteiger charge is -2.06.